The summed E-state index contributed by atoms with van der Waals surface area (Å²) in [7, 11) is 1.32. The van der Waals surface area contributed by atoms with E-state index in [0.29, 0.717) is 31.5 Å². The van der Waals surface area contributed by atoms with Gasteiger partial charge in [0, 0.05) is 38.6 Å². The van der Waals surface area contributed by atoms with Gasteiger partial charge in [0.1, 0.15) is 0 Å². The second-order valence-corrected chi connectivity index (χ2v) is 7.61. The van der Waals surface area contributed by atoms with Crippen LogP contribution in [0, 0.1) is 5.92 Å². The highest BCUT2D eigenvalue weighted by atomic mass is 19.4. The molecule has 7 nitrogen and oxygen atoms in total. The van der Waals surface area contributed by atoms with Gasteiger partial charge in [-0.2, -0.15) is 13.2 Å². The molecule has 2 heterocycles. The molecule has 10 heteroatoms. The third-order valence-electron chi connectivity index (χ3n) is 5.49. The predicted molar refractivity (Wildman–Crippen MR) is 100 cm³/mol. The third kappa shape index (κ3) is 5.22. The number of likely N-dealkylation sites (tertiary alicyclic amines) is 2. The Labute approximate surface area is 172 Å². The number of carbonyl (C=O) groups is 3. The number of nitrogens with zero attached hydrogens (tertiary/aromatic N) is 2. The van der Waals surface area contributed by atoms with Crippen LogP contribution in [0.2, 0.25) is 0 Å². The molecule has 2 saturated heterocycles. The first-order chi connectivity index (χ1) is 14.2. The van der Waals surface area contributed by atoms with Gasteiger partial charge in [0.2, 0.25) is 11.8 Å². The quantitative estimate of drug-likeness (QED) is 0.801. The van der Waals surface area contributed by atoms with Crippen LogP contribution in [0.25, 0.3) is 0 Å². The van der Waals surface area contributed by atoms with E-state index in [1.807, 2.05) is 0 Å². The molecule has 1 unspecified atom stereocenters. The molecule has 2 aliphatic heterocycles. The number of nitrogens with one attached hydrogen (secondary N) is 1. The maximum atomic E-state index is 12.9. The van der Waals surface area contributed by atoms with Crippen molar-refractivity contribution in [2.45, 2.75) is 38.0 Å². The molecule has 3 rings (SSSR count). The van der Waals surface area contributed by atoms with Gasteiger partial charge in [-0.25, -0.2) is 4.79 Å². The van der Waals surface area contributed by atoms with E-state index in [-0.39, 0.29) is 37.4 Å². The average molecular weight is 427 g/mol. The zero-order chi connectivity index (χ0) is 21.9. The summed E-state index contributed by atoms with van der Waals surface area (Å²) in [6, 6.07) is 4.76. The first-order valence-electron chi connectivity index (χ1n) is 9.74. The zero-order valence-electron chi connectivity index (χ0n) is 16.6. The minimum Gasteiger partial charge on any atom is -0.453 e. The molecule has 0 aliphatic carbocycles. The fraction of sp³-hybridized carbons (Fsp3) is 0.550. The molecular formula is C20H24F3N3O4. The molecule has 0 bridgehead atoms. The maximum absolute atomic E-state index is 12.9. The molecule has 164 valence electrons. The van der Waals surface area contributed by atoms with Crippen molar-refractivity contribution in [2.75, 3.05) is 26.7 Å². The third-order valence-corrected chi connectivity index (χ3v) is 5.49. The van der Waals surface area contributed by atoms with E-state index < -0.39 is 23.8 Å². The number of rotatable bonds is 4. The highest BCUT2D eigenvalue weighted by molar-refractivity contribution is 5.89. The fourth-order valence-electron chi connectivity index (χ4n) is 3.82. The van der Waals surface area contributed by atoms with Crippen molar-refractivity contribution in [2.24, 2.45) is 5.92 Å². The van der Waals surface area contributed by atoms with Gasteiger partial charge in [0.25, 0.3) is 0 Å². The smallest absolute Gasteiger partial charge is 0.416 e. The van der Waals surface area contributed by atoms with E-state index in [4.69, 9.17) is 0 Å². The van der Waals surface area contributed by atoms with E-state index in [9.17, 15) is 27.6 Å². The number of carbonyl (C=O) groups excluding carboxylic acids is 3. The molecule has 3 amide bonds. The van der Waals surface area contributed by atoms with Gasteiger partial charge in [-0.15, -0.1) is 0 Å². The largest absolute Gasteiger partial charge is 0.453 e. The number of piperidine rings is 1. The summed E-state index contributed by atoms with van der Waals surface area (Å²) in [5.74, 6) is -1.04. The minimum atomic E-state index is -4.45. The number of hydrogen-bond acceptors (Lipinski definition) is 4. The van der Waals surface area contributed by atoms with Crippen LogP contribution in [0.3, 0.4) is 0 Å². The first kappa shape index (κ1) is 21.9. The molecule has 30 heavy (non-hydrogen) atoms. The molecule has 1 aromatic carbocycles. The lowest BCUT2D eigenvalue weighted by Crippen LogP contribution is -2.48. The van der Waals surface area contributed by atoms with E-state index in [2.05, 4.69) is 10.1 Å². The SMILES string of the molecule is COC(=O)N1CCC(NC(=O)C2CC(=O)N(Cc3cccc(C(F)(F)F)c3)C2)CC1. The second kappa shape index (κ2) is 8.93. The van der Waals surface area contributed by atoms with Gasteiger partial charge in [0.15, 0.2) is 0 Å². The molecule has 0 aromatic heterocycles. The molecular weight excluding hydrogens is 403 g/mol. The van der Waals surface area contributed by atoms with E-state index >= 15 is 0 Å². The number of methoxy groups -OCH3 is 1. The number of benzene rings is 1. The lowest BCUT2D eigenvalue weighted by atomic mass is 10.0. The Balaban J connectivity index is 1.52. The highest BCUT2D eigenvalue weighted by Crippen LogP contribution is 2.30. The van der Waals surface area contributed by atoms with Gasteiger partial charge in [-0.05, 0) is 30.5 Å². The molecule has 0 radical (unpaired) electrons. The number of hydrogen-bond donors (Lipinski definition) is 1. The first-order valence-corrected chi connectivity index (χ1v) is 9.74. The van der Waals surface area contributed by atoms with Crippen LogP contribution in [0.1, 0.15) is 30.4 Å². The summed E-state index contributed by atoms with van der Waals surface area (Å²) in [6.07, 6.45) is -3.63. The van der Waals surface area contributed by atoms with Crippen LogP contribution in [0.5, 0.6) is 0 Å². The summed E-state index contributed by atoms with van der Waals surface area (Å²) >= 11 is 0. The van der Waals surface area contributed by atoms with Crippen molar-refractivity contribution >= 4 is 17.9 Å². The van der Waals surface area contributed by atoms with E-state index in [0.717, 1.165) is 12.1 Å². The summed E-state index contributed by atoms with van der Waals surface area (Å²) in [4.78, 5) is 39.4. The summed E-state index contributed by atoms with van der Waals surface area (Å²) < 4.78 is 43.3. The summed E-state index contributed by atoms with van der Waals surface area (Å²) in [6.45, 7) is 1.15. The van der Waals surface area contributed by atoms with Crippen molar-refractivity contribution in [3.63, 3.8) is 0 Å². The minimum absolute atomic E-state index is 0.0318. The van der Waals surface area contributed by atoms with E-state index in [1.165, 1.54) is 24.1 Å². The van der Waals surface area contributed by atoms with Crippen LogP contribution < -0.4 is 5.32 Å². The van der Waals surface area contributed by atoms with Crippen LogP contribution in [-0.4, -0.2) is 60.5 Å². The van der Waals surface area contributed by atoms with Crippen LogP contribution in [0.4, 0.5) is 18.0 Å². The van der Waals surface area contributed by atoms with E-state index in [1.54, 1.807) is 4.90 Å². The van der Waals surface area contributed by atoms with Gasteiger partial charge >= 0.3 is 12.3 Å². The van der Waals surface area contributed by atoms with Crippen molar-refractivity contribution in [1.29, 1.82) is 0 Å². The Kier molecular flexibility index (Phi) is 6.52. The number of alkyl halides is 3. The molecule has 1 N–H and O–H groups in total. The lowest BCUT2D eigenvalue weighted by molar-refractivity contribution is -0.137. The highest BCUT2D eigenvalue weighted by Gasteiger charge is 2.36. The molecule has 0 spiro atoms. The van der Waals surface area contributed by atoms with Crippen LogP contribution >= 0.6 is 0 Å². The molecule has 0 saturated carbocycles. The normalized spacial score (nSPS) is 20.4. The topological polar surface area (TPSA) is 79.0 Å². The predicted octanol–water partition coefficient (Wildman–Crippen LogP) is 2.40. The van der Waals surface area contributed by atoms with Gasteiger partial charge in [-0.3, -0.25) is 9.59 Å². The lowest BCUT2D eigenvalue weighted by Gasteiger charge is -2.31. The Bertz CT molecular complexity index is 807. The number of ether oxygens (including phenoxy) is 1. The average Bonchev–Trinajstić information content (AvgIpc) is 3.08. The monoisotopic (exact) mass is 427 g/mol. The maximum Gasteiger partial charge on any atom is 0.416 e. The Hall–Kier alpha value is -2.78. The second-order valence-electron chi connectivity index (χ2n) is 7.61. The molecule has 1 atom stereocenters. The molecule has 2 fully saturated rings. The Morgan fingerprint density at radius 1 is 1.23 bits per heavy atom. The standard InChI is InChI=1S/C20H24F3N3O4/c1-30-19(29)25-7-5-16(6-8-25)24-18(28)14-10-17(27)26(12-14)11-13-3-2-4-15(9-13)20(21,22)23/h2-4,9,14,16H,5-8,10-12H2,1H3,(H,24,28). The number of halogens is 3. The zero-order valence-corrected chi connectivity index (χ0v) is 16.6. The summed E-state index contributed by atoms with van der Waals surface area (Å²) in [5.41, 5.74) is -0.395. The summed E-state index contributed by atoms with van der Waals surface area (Å²) in [5, 5.41) is 2.93. The molecule has 1 aromatic rings. The van der Waals surface area contributed by atoms with Crippen molar-refractivity contribution in [3.05, 3.63) is 35.4 Å². The van der Waals surface area contributed by atoms with Crippen LogP contribution in [-0.2, 0) is 27.0 Å². The molecule has 2 aliphatic rings. The van der Waals surface area contributed by atoms with Gasteiger partial charge < -0.3 is 19.9 Å². The van der Waals surface area contributed by atoms with Crippen LogP contribution in [0.15, 0.2) is 24.3 Å². The Morgan fingerprint density at radius 2 is 1.93 bits per heavy atom. The van der Waals surface area contributed by atoms with Gasteiger partial charge in [-0.1, -0.05) is 12.1 Å². The van der Waals surface area contributed by atoms with Crippen molar-refractivity contribution < 1.29 is 32.3 Å². The van der Waals surface area contributed by atoms with Gasteiger partial charge in [0.05, 0.1) is 18.6 Å². The van der Waals surface area contributed by atoms with Crippen molar-refractivity contribution in [1.82, 2.24) is 15.1 Å². The van der Waals surface area contributed by atoms with Crippen molar-refractivity contribution in [3.8, 4) is 0 Å². The Morgan fingerprint density at radius 3 is 2.57 bits per heavy atom. The number of amides is 3. The fourth-order valence-corrected chi connectivity index (χ4v) is 3.82.